The molecular weight excluding hydrogens is 323 g/mol. The molecule has 1 aromatic carbocycles. The van der Waals surface area contributed by atoms with Crippen molar-refractivity contribution < 1.29 is 9.13 Å². The van der Waals surface area contributed by atoms with Crippen molar-refractivity contribution in [2.45, 2.75) is 26.0 Å². The number of aromatic nitrogens is 1. The van der Waals surface area contributed by atoms with Crippen molar-refractivity contribution in [3.05, 3.63) is 58.1 Å². The molecule has 5 heteroatoms. The fourth-order valence-electron chi connectivity index (χ4n) is 1.87. The lowest BCUT2D eigenvalue weighted by Crippen LogP contribution is -2.14. The molecule has 2 rings (SSSR count). The molecule has 1 aromatic heterocycles. The predicted octanol–water partition coefficient (Wildman–Crippen LogP) is 3.82. The van der Waals surface area contributed by atoms with E-state index in [2.05, 4.69) is 20.9 Å². The summed E-state index contributed by atoms with van der Waals surface area (Å²) in [6.45, 7) is 3.88. The van der Waals surface area contributed by atoms with Gasteiger partial charge in [0.15, 0.2) is 0 Å². The molecular formula is C15H16BrFN2O. The summed E-state index contributed by atoms with van der Waals surface area (Å²) < 4.78 is 19.7. The van der Waals surface area contributed by atoms with Gasteiger partial charge < -0.3 is 10.5 Å². The van der Waals surface area contributed by atoms with Gasteiger partial charge in [-0.25, -0.2) is 4.39 Å². The third-order valence-electron chi connectivity index (χ3n) is 2.76. The maximum Gasteiger partial charge on any atom is 0.138 e. The first-order valence-electron chi connectivity index (χ1n) is 6.29. The summed E-state index contributed by atoms with van der Waals surface area (Å²) >= 11 is 3.39. The molecule has 0 bridgehead atoms. The van der Waals surface area contributed by atoms with Gasteiger partial charge in [0.25, 0.3) is 0 Å². The zero-order valence-electron chi connectivity index (χ0n) is 11.3. The molecule has 1 atom stereocenters. The Balaban J connectivity index is 2.33. The van der Waals surface area contributed by atoms with Gasteiger partial charge in [0, 0.05) is 10.7 Å². The smallest absolute Gasteiger partial charge is 0.138 e. The van der Waals surface area contributed by atoms with Crippen LogP contribution in [0.25, 0.3) is 0 Å². The minimum atomic E-state index is -0.469. The number of pyridine rings is 1. The Kier molecular flexibility index (Phi) is 4.73. The van der Waals surface area contributed by atoms with E-state index in [0.717, 1.165) is 10.0 Å². The van der Waals surface area contributed by atoms with Gasteiger partial charge in [0.1, 0.15) is 11.6 Å². The largest absolute Gasteiger partial charge is 0.489 e. The van der Waals surface area contributed by atoms with E-state index in [-0.39, 0.29) is 11.9 Å². The second kappa shape index (κ2) is 6.33. The van der Waals surface area contributed by atoms with E-state index in [0.29, 0.717) is 11.3 Å². The third kappa shape index (κ3) is 3.55. The standard InChI is InChI=1S/C15H16BrFN2O/c1-9(2)20-12-5-10(7-19-8-12)15(18)13-6-11(17)3-4-14(13)16/h3-9,15H,18H2,1-2H3. The number of nitrogens with two attached hydrogens (primary N) is 1. The summed E-state index contributed by atoms with van der Waals surface area (Å²) in [4.78, 5) is 4.12. The van der Waals surface area contributed by atoms with Gasteiger partial charge in [-0.05, 0) is 49.2 Å². The van der Waals surface area contributed by atoms with E-state index in [1.165, 1.54) is 12.1 Å². The predicted molar refractivity (Wildman–Crippen MR) is 80.1 cm³/mol. The molecule has 1 heterocycles. The quantitative estimate of drug-likeness (QED) is 0.921. The van der Waals surface area contributed by atoms with Crippen molar-refractivity contribution in [2.24, 2.45) is 5.73 Å². The first-order chi connectivity index (χ1) is 9.47. The molecule has 1 unspecified atom stereocenters. The number of halogens is 2. The molecule has 3 nitrogen and oxygen atoms in total. The molecule has 0 fully saturated rings. The highest BCUT2D eigenvalue weighted by molar-refractivity contribution is 9.10. The molecule has 106 valence electrons. The number of hydrogen-bond donors (Lipinski definition) is 1. The summed E-state index contributed by atoms with van der Waals surface area (Å²) in [7, 11) is 0. The van der Waals surface area contributed by atoms with E-state index in [4.69, 9.17) is 10.5 Å². The van der Waals surface area contributed by atoms with Crippen LogP contribution in [0.5, 0.6) is 5.75 Å². The zero-order chi connectivity index (χ0) is 14.7. The topological polar surface area (TPSA) is 48.1 Å². The van der Waals surface area contributed by atoms with Crippen molar-refractivity contribution in [1.82, 2.24) is 4.98 Å². The van der Waals surface area contributed by atoms with Crippen LogP contribution in [0, 0.1) is 5.82 Å². The van der Waals surface area contributed by atoms with E-state index >= 15 is 0 Å². The van der Waals surface area contributed by atoms with Crippen molar-refractivity contribution in [2.75, 3.05) is 0 Å². The molecule has 20 heavy (non-hydrogen) atoms. The minimum Gasteiger partial charge on any atom is -0.489 e. The van der Waals surface area contributed by atoms with Crippen LogP contribution in [-0.4, -0.2) is 11.1 Å². The Morgan fingerprint density at radius 3 is 2.70 bits per heavy atom. The third-order valence-corrected chi connectivity index (χ3v) is 3.48. The van der Waals surface area contributed by atoms with Crippen molar-refractivity contribution >= 4 is 15.9 Å². The van der Waals surface area contributed by atoms with E-state index in [1.807, 2.05) is 19.9 Å². The highest BCUT2D eigenvalue weighted by Crippen LogP contribution is 2.28. The molecule has 0 spiro atoms. The van der Waals surface area contributed by atoms with Crippen LogP contribution in [-0.2, 0) is 0 Å². The fraction of sp³-hybridized carbons (Fsp3) is 0.267. The second-order valence-electron chi connectivity index (χ2n) is 4.76. The van der Waals surface area contributed by atoms with Gasteiger partial charge in [-0.1, -0.05) is 15.9 Å². The van der Waals surface area contributed by atoms with Crippen LogP contribution in [0.15, 0.2) is 41.1 Å². The molecule has 2 aromatic rings. The van der Waals surface area contributed by atoms with E-state index in [9.17, 15) is 4.39 Å². The number of hydrogen-bond acceptors (Lipinski definition) is 3. The maximum atomic E-state index is 13.4. The molecule has 0 aliphatic carbocycles. The Labute approximate surface area is 126 Å². The Morgan fingerprint density at radius 1 is 1.25 bits per heavy atom. The van der Waals surface area contributed by atoms with Crippen molar-refractivity contribution in [3.8, 4) is 5.75 Å². The molecule has 0 saturated heterocycles. The van der Waals surface area contributed by atoms with Gasteiger partial charge >= 0.3 is 0 Å². The van der Waals surface area contributed by atoms with Crippen molar-refractivity contribution in [3.63, 3.8) is 0 Å². The lowest BCUT2D eigenvalue weighted by molar-refractivity contribution is 0.241. The molecule has 0 amide bonds. The summed E-state index contributed by atoms with van der Waals surface area (Å²) in [6.07, 6.45) is 3.36. The van der Waals surface area contributed by atoms with E-state index in [1.54, 1.807) is 18.5 Å². The lowest BCUT2D eigenvalue weighted by Gasteiger charge is -2.16. The monoisotopic (exact) mass is 338 g/mol. The second-order valence-corrected chi connectivity index (χ2v) is 5.62. The minimum absolute atomic E-state index is 0.0594. The van der Waals surface area contributed by atoms with Gasteiger partial charge in [-0.15, -0.1) is 0 Å². The highest BCUT2D eigenvalue weighted by atomic mass is 79.9. The van der Waals surface area contributed by atoms with Crippen LogP contribution in [0.4, 0.5) is 4.39 Å². The number of rotatable bonds is 4. The van der Waals surface area contributed by atoms with E-state index < -0.39 is 6.04 Å². The Bertz CT molecular complexity index is 604. The number of benzene rings is 1. The Morgan fingerprint density at radius 2 is 2.00 bits per heavy atom. The summed E-state index contributed by atoms with van der Waals surface area (Å²) in [6, 6.07) is 5.81. The van der Waals surface area contributed by atoms with Crippen LogP contribution in [0.2, 0.25) is 0 Å². The van der Waals surface area contributed by atoms with Gasteiger partial charge in [0.2, 0.25) is 0 Å². The summed E-state index contributed by atoms with van der Waals surface area (Å²) in [5.74, 6) is 0.335. The zero-order valence-corrected chi connectivity index (χ0v) is 12.9. The fourth-order valence-corrected chi connectivity index (χ4v) is 2.37. The average Bonchev–Trinajstić information content (AvgIpc) is 2.40. The maximum absolute atomic E-state index is 13.4. The molecule has 2 N–H and O–H groups in total. The van der Waals surface area contributed by atoms with Crippen molar-refractivity contribution in [1.29, 1.82) is 0 Å². The van der Waals surface area contributed by atoms with Gasteiger partial charge in [-0.2, -0.15) is 0 Å². The highest BCUT2D eigenvalue weighted by Gasteiger charge is 2.14. The van der Waals surface area contributed by atoms with Gasteiger partial charge in [-0.3, -0.25) is 4.98 Å². The van der Waals surface area contributed by atoms with Crippen LogP contribution >= 0.6 is 15.9 Å². The first-order valence-corrected chi connectivity index (χ1v) is 7.09. The molecule has 0 saturated carbocycles. The summed E-state index contributed by atoms with van der Waals surface area (Å²) in [5.41, 5.74) is 7.64. The summed E-state index contributed by atoms with van der Waals surface area (Å²) in [5, 5.41) is 0. The lowest BCUT2D eigenvalue weighted by atomic mass is 10.0. The molecule has 0 aliphatic rings. The number of ether oxygens (including phenoxy) is 1. The van der Waals surface area contributed by atoms with Gasteiger partial charge in [0.05, 0.1) is 18.3 Å². The molecule has 0 radical (unpaired) electrons. The van der Waals surface area contributed by atoms with Crippen LogP contribution < -0.4 is 10.5 Å². The average molecular weight is 339 g/mol. The van der Waals surface area contributed by atoms with Crippen LogP contribution in [0.3, 0.4) is 0 Å². The molecule has 0 aliphatic heterocycles. The SMILES string of the molecule is CC(C)Oc1cncc(C(N)c2cc(F)ccc2Br)c1. The Hall–Kier alpha value is -1.46. The number of nitrogens with zero attached hydrogens (tertiary/aromatic N) is 1. The first kappa shape index (κ1) is 14.9. The van der Waals surface area contributed by atoms with Crippen LogP contribution in [0.1, 0.15) is 31.0 Å². The normalized spacial score (nSPS) is 12.5.